The Morgan fingerprint density at radius 1 is 1.50 bits per heavy atom. The van der Waals surface area contributed by atoms with Crippen molar-refractivity contribution in [1.82, 2.24) is 0 Å². The van der Waals surface area contributed by atoms with Crippen LogP contribution < -0.4 is 0 Å². The minimum atomic E-state index is 0.830. The number of hydrogen-bond acceptors (Lipinski definition) is 2. The Balaban J connectivity index is 2.17. The maximum atomic E-state index is 5.19. The van der Waals surface area contributed by atoms with Crippen LogP contribution in [0.4, 0.5) is 0 Å². The molecule has 0 aromatic rings. The van der Waals surface area contributed by atoms with Crippen LogP contribution in [0.15, 0.2) is 11.5 Å². The summed E-state index contributed by atoms with van der Waals surface area (Å²) in [7, 11) is 0. The van der Waals surface area contributed by atoms with Crippen molar-refractivity contribution in [2.45, 2.75) is 12.8 Å². The molecule has 0 N–H and O–H groups in total. The molecule has 0 unspecified atom stereocenters. The van der Waals surface area contributed by atoms with E-state index < -0.39 is 0 Å². The Morgan fingerprint density at radius 2 is 2.50 bits per heavy atom. The van der Waals surface area contributed by atoms with Crippen molar-refractivity contribution < 1.29 is 4.74 Å². The lowest BCUT2D eigenvalue weighted by molar-refractivity contribution is 0.180. The van der Waals surface area contributed by atoms with Crippen molar-refractivity contribution >= 4 is 11.8 Å². The highest BCUT2D eigenvalue weighted by atomic mass is 32.2. The molecule has 1 heterocycles. The topological polar surface area (TPSA) is 9.23 Å². The van der Waals surface area contributed by atoms with E-state index in [1.165, 1.54) is 12.8 Å². The van der Waals surface area contributed by atoms with Crippen LogP contribution in [0.1, 0.15) is 12.8 Å². The minimum Gasteiger partial charge on any atom is -0.371 e. The molecule has 0 aromatic carbocycles. The molecular weight excluding hydrogens is 120 g/mol. The van der Waals surface area contributed by atoms with Crippen molar-refractivity contribution in [3.8, 4) is 0 Å². The summed E-state index contributed by atoms with van der Waals surface area (Å²) in [6.45, 7) is 0.928. The second-order valence-electron chi connectivity index (χ2n) is 1.71. The van der Waals surface area contributed by atoms with Gasteiger partial charge in [-0.25, -0.2) is 0 Å². The van der Waals surface area contributed by atoms with E-state index >= 15 is 0 Å². The molecule has 0 aliphatic carbocycles. The first-order chi connectivity index (χ1) is 4.00. The summed E-state index contributed by atoms with van der Waals surface area (Å²) in [6.07, 6.45) is 4.55. The lowest BCUT2D eigenvalue weighted by Crippen LogP contribution is -1.93. The van der Waals surface area contributed by atoms with E-state index in [1.807, 2.05) is 0 Å². The van der Waals surface area contributed by atoms with Crippen molar-refractivity contribution in [2.75, 3.05) is 12.5 Å². The van der Waals surface area contributed by atoms with Crippen LogP contribution in [-0.4, -0.2) is 12.5 Å². The van der Waals surface area contributed by atoms with Gasteiger partial charge in [0.05, 0.1) is 5.94 Å². The normalized spacial score (nSPS) is 22.0. The molecule has 46 valence electrons. The summed E-state index contributed by atoms with van der Waals surface area (Å²) < 4.78 is 5.19. The smallest absolute Gasteiger partial charge is 0.0960 e. The Kier molecular flexibility index (Phi) is 3.07. The Hall–Kier alpha value is 0.0500. The van der Waals surface area contributed by atoms with Crippen LogP contribution in [0.2, 0.25) is 0 Å². The monoisotopic (exact) mass is 130 g/mol. The van der Waals surface area contributed by atoms with E-state index in [4.69, 9.17) is 4.74 Å². The summed E-state index contributed by atoms with van der Waals surface area (Å²) in [5.74, 6) is 0.830. The largest absolute Gasteiger partial charge is 0.371 e. The quantitative estimate of drug-likeness (QED) is 0.496. The molecule has 1 aliphatic rings. The van der Waals surface area contributed by atoms with Gasteiger partial charge in [-0.3, -0.25) is 0 Å². The molecule has 1 aliphatic heterocycles. The molecule has 0 saturated heterocycles. The highest BCUT2D eigenvalue weighted by Gasteiger charge is 1.89. The van der Waals surface area contributed by atoms with Gasteiger partial charge in [-0.2, -0.15) is 0 Å². The van der Waals surface area contributed by atoms with Crippen LogP contribution in [-0.2, 0) is 4.74 Å². The van der Waals surface area contributed by atoms with E-state index in [0.29, 0.717) is 0 Å². The maximum Gasteiger partial charge on any atom is 0.0960 e. The highest BCUT2D eigenvalue weighted by molar-refractivity contribution is 8.01. The zero-order valence-electron chi connectivity index (χ0n) is 4.80. The molecule has 0 bridgehead atoms. The molecule has 0 radical (unpaired) electrons. The molecule has 8 heavy (non-hydrogen) atoms. The highest BCUT2D eigenvalue weighted by Crippen LogP contribution is 2.07. The third-order valence-electron chi connectivity index (χ3n) is 1.00. The zero-order chi connectivity index (χ0) is 5.66. The lowest BCUT2D eigenvalue weighted by Gasteiger charge is -2.02. The molecular formula is C6H10OS. The van der Waals surface area contributed by atoms with Crippen molar-refractivity contribution in [3.05, 3.63) is 11.5 Å². The summed E-state index contributed by atoms with van der Waals surface area (Å²) >= 11 is 1.73. The van der Waals surface area contributed by atoms with Gasteiger partial charge in [0.1, 0.15) is 0 Å². The maximum absolute atomic E-state index is 5.19. The zero-order valence-corrected chi connectivity index (χ0v) is 5.62. The van der Waals surface area contributed by atoms with E-state index in [0.717, 1.165) is 12.5 Å². The average Bonchev–Trinajstić information content (AvgIpc) is 1.62. The molecule has 1 rings (SSSR count). The van der Waals surface area contributed by atoms with E-state index in [-0.39, 0.29) is 0 Å². The van der Waals surface area contributed by atoms with Gasteiger partial charge in [-0.1, -0.05) is 6.08 Å². The van der Waals surface area contributed by atoms with Gasteiger partial charge in [0, 0.05) is 6.61 Å². The number of thioether (sulfide) groups is 1. The van der Waals surface area contributed by atoms with E-state index in [9.17, 15) is 0 Å². The van der Waals surface area contributed by atoms with Crippen LogP contribution in [0.25, 0.3) is 0 Å². The molecule has 0 aromatic heterocycles. The third-order valence-corrected chi connectivity index (χ3v) is 1.69. The summed E-state index contributed by atoms with van der Waals surface area (Å²) in [4.78, 5) is 0. The lowest BCUT2D eigenvalue weighted by atomic mass is 10.3. The first-order valence-electron chi connectivity index (χ1n) is 2.84. The summed E-state index contributed by atoms with van der Waals surface area (Å²) in [5, 5.41) is 2.11. The Labute approximate surface area is 54.1 Å². The fraction of sp³-hybridized carbons (Fsp3) is 0.667. The predicted molar refractivity (Wildman–Crippen MR) is 36.8 cm³/mol. The number of ether oxygens (including phenoxy) is 1. The molecule has 2 heteroatoms. The molecule has 0 fully saturated rings. The van der Waals surface area contributed by atoms with Gasteiger partial charge in [-0.05, 0) is 18.2 Å². The minimum absolute atomic E-state index is 0.830. The van der Waals surface area contributed by atoms with Gasteiger partial charge in [0.15, 0.2) is 0 Å². The van der Waals surface area contributed by atoms with Gasteiger partial charge in [0.25, 0.3) is 0 Å². The molecule has 0 saturated carbocycles. The van der Waals surface area contributed by atoms with Gasteiger partial charge >= 0.3 is 0 Å². The van der Waals surface area contributed by atoms with Crippen molar-refractivity contribution in [3.63, 3.8) is 0 Å². The van der Waals surface area contributed by atoms with E-state index in [1.54, 1.807) is 11.8 Å². The molecule has 1 nitrogen and oxygen atoms in total. The fourth-order valence-electron chi connectivity index (χ4n) is 0.586. The van der Waals surface area contributed by atoms with Gasteiger partial charge in [0.2, 0.25) is 0 Å². The Morgan fingerprint density at radius 3 is 3.50 bits per heavy atom. The third kappa shape index (κ3) is 2.38. The van der Waals surface area contributed by atoms with Crippen LogP contribution in [0.5, 0.6) is 0 Å². The Bertz CT molecular complexity index is 70.6. The predicted octanol–water partition coefficient (Wildman–Crippen LogP) is 2.00. The second kappa shape index (κ2) is 3.98. The van der Waals surface area contributed by atoms with Crippen molar-refractivity contribution in [1.29, 1.82) is 0 Å². The van der Waals surface area contributed by atoms with Crippen LogP contribution in [0.3, 0.4) is 0 Å². The first-order valence-corrected chi connectivity index (χ1v) is 3.89. The summed E-state index contributed by atoms with van der Waals surface area (Å²) in [6, 6.07) is 0. The standard InChI is InChI=1S/C6H10OS/c1-2-4-7-6-8-5-3-1/h3,5H,1-2,4,6H2. The number of hydrogen-bond donors (Lipinski definition) is 0. The van der Waals surface area contributed by atoms with E-state index in [2.05, 4.69) is 11.5 Å². The number of rotatable bonds is 0. The second-order valence-corrected chi connectivity index (χ2v) is 2.55. The molecule has 0 amide bonds. The van der Waals surface area contributed by atoms with Crippen LogP contribution >= 0.6 is 11.8 Å². The van der Waals surface area contributed by atoms with Crippen molar-refractivity contribution in [2.24, 2.45) is 0 Å². The fourth-order valence-corrected chi connectivity index (χ4v) is 1.15. The summed E-state index contributed by atoms with van der Waals surface area (Å²) in [5.41, 5.74) is 0. The van der Waals surface area contributed by atoms with Crippen LogP contribution in [0, 0.1) is 0 Å². The van der Waals surface area contributed by atoms with Gasteiger partial charge < -0.3 is 4.74 Å². The number of allylic oxidation sites excluding steroid dienone is 1. The SMILES string of the molecule is C1=CSCOCCC1. The molecule has 0 spiro atoms. The molecule has 0 atom stereocenters. The average molecular weight is 130 g/mol. The van der Waals surface area contributed by atoms with Gasteiger partial charge in [-0.15, -0.1) is 11.8 Å². The first kappa shape index (κ1) is 6.17.